The van der Waals surface area contributed by atoms with Crippen molar-refractivity contribution < 1.29 is 4.79 Å². The van der Waals surface area contributed by atoms with E-state index in [2.05, 4.69) is 10.3 Å². The van der Waals surface area contributed by atoms with Crippen LogP contribution in [0.2, 0.25) is 0 Å². The first-order valence-electron chi connectivity index (χ1n) is 6.75. The second-order valence-corrected chi connectivity index (χ2v) is 5.90. The van der Waals surface area contributed by atoms with E-state index in [1.54, 1.807) is 24.2 Å². The molecule has 1 saturated heterocycles. The molecule has 20 heavy (non-hydrogen) atoms. The molecule has 1 N–H and O–H groups in total. The summed E-state index contributed by atoms with van der Waals surface area (Å²) < 4.78 is 0. The molecule has 0 saturated carbocycles. The van der Waals surface area contributed by atoms with Crippen LogP contribution in [0.15, 0.2) is 29.4 Å². The Hall–Kier alpha value is -0.780. The maximum Gasteiger partial charge on any atom is 0.232 e. The highest BCUT2D eigenvalue weighted by atomic mass is 35.5. The molecule has 0 aliphatic carbocycles. The summed E-state index contributed by atoms with van der Waals surface area (Å²) in [5.41, 5.74) is 0. The zero-order valence-corrected chi connectivity index (χ0v) is 13.4. The minimum absolute atomic E-state index is 0. The van der Waals surface area contributed by atoms with Crippen molar-refractivity contribution in [3.05, 3.63) is 24.5 Å². The van der Waals surface area contributed by atoms with Gasteiger partial charge in [0.2, 0.25) is 5.91 Å². The smallest absolute Gasteiger partial charge is 0.232 e. The van der Waals surface area contributed by atoms with Gasteiger partial charge in [-0.3, -0.25) is 9.78 Å². The third-order valence-electron chi connectivity index (χ3n) is 3.47. The van der Waals surface area contributed by atoms with Crippen molar-refractivity contribution in [1.82, 2.24) is 15.2 Å². The molecule has 1 aliphatic heterocycles. The van der Waals surface area contributed by atoms with E-state index in [1.165, 1.54) is 0 Å². The summed E-state index contributed by atoms with van der Waals surface area (Å²) in [6.07, 6.45) is 5.76. The van der Waals surface area contributed by atoms with Crippen LogP contribution in [0.5, 0.6) is 0 Å². The summed E-state index contributed by atoms with van der Waals surface area (Å²) >= 11 is 1.59. The molecule has 112 valence electrons. The molecule has 0 spiro atoms. The van der Waals surface area contributed by atoms with Crippen molar-refractivity contribution in [2.75, 3.05) is 32.4 Å². The molecular formula is C14H22ClN3OS. The maximum atomic E-state index is 12.1. The van der Waals surface area contributed by atoms with Crippen LogP contribution in [0.25, 0.3) is 0 Å². The molecule has 1 fully saturated rings. The number of carbonyl (C=O) groups is 1. The molecule has 0 bridgehead atoms. The third kappa shape index (κ3) is 5.31. The number of likely N-dealkylation sites (tertiary alicyclic amines) is 1. The summed E-state index contributed by atoms with van der Waals surface area (Å²) in [6.45, 7) is 2.87. The molecule has 6 heteroatoms. The second-order valence-electron chi connectivity index (χ2n) is 4.85. The maximum absolute atomic E-state index is 12.1. The summed E-state index contributed by atoms with van der Waals surface area (Å²) in [4.78, 5) is 19.2. The van der Waals surface area contributed by atoms with Crippen LogP contribution in [0.3, 0.4) is 0 Å². The predicted octanol–water partition coefficient (Wildman–Crippen LogP) is 2.05. The number of halogens is 1. The monoisotopic (exact) mass is 315 g/mol. The van der Waals surface area contributed by atoms with Crippen LogP contribution >= 0.6 is 24.2 Å². The lowest BCUT2D eigenvalue weighted by Gasteiger charge is -2.31. The Morgan fingerprint density at radius 2 is 2.05 bits per heavy atom. The Labute approximate surface area is 131 Å². The highest BCUT2D eigenvalue weighted by Crippen LogP contribution is 2.20. The Kier molecular flexibility index (Phi) is 7.95. The van der Waals surface area contributed by atoms with E-state index in [1.807, 2.05) is 24.1 Å². The quantitative estimate of drug-likeness (QED) is 0.845. The Morgan fingerprint density at radius 1 is 1.40 bits per heavy atom. The minimum atomic E-state index is 0. The standard InChI is InChI=1S/C14H21N3OS.ClH/c1-15-10-12-4-8-17(9-5-12)14(18)11-19-13-2-6-16-7-3-13;/h2-3,6-7,12,15H,4-5,8-11H2,1H3;1H. The van der Waals surface area contributed by atoms with Crippen LogP contribution in [0.4, 0.5) is 0 Å². The van der Waals surface area contributed by atoms with Crippen molar-refractivity contribution >= 4 is 30.1 Å². The Morgan fingerprint density at radius 3 is 2.65 bits per heavy atom. The molecule has 1 aromatic rings. The number of piperidine rings is 1. The van der Waals surface area contributed by atoms with Gasteiger partial charge >= 0.3 is 0 Å². The van der Waals surface area contributed by atoms with E-state index in [-0.39, 0.29) is 18.3 Å². The van der Waals surface area contributed by atoms with Crippen LogP contribution in [0.1, 0.15) is 12.8 Å². The van der Waals surface area contributed by atoms with E-state index >= 15 is 0 Å². The second kappa shape index (κ2) is 9.21. The topological polar surface area (TPSA) is 45.2 Å². The molecule has 0 unspecified atom stereocenters. The van der Waals surface area contributed by atoms with Gasteiger partial charge in [0.25, 0.3) is 0 Å². The molecule has 1 amide bonds. The van der Waals surface area contributed by atoms with Gasteiger partial charge in [0.15, 0.2) is 0 Å². The number of thioether (sulfide) groups is 1. The van der Waals surface area contributed by atoms with Crippen molar-refractivity contribution in [2.45, 2.75) is 17.7 Å². The van der Waals surface area contributed by atoms with Gasteiger partial charge in [0, 0.05) is 30.4 Å². The Balaban J connectivity index is 0.00000200. The number of amides is 1. The molecule has 2 heterocycles. The third-order valence-corrected chi connectivity index (χ3v) is 4.47. The van der Waals surface area contributed by atoms with Crippen molar-refractivity contribution in [1.29, 1.82) is 0 Å². The summed E-state index contributed by atoms with van der Waals surface area (Å²) in [5, 5.41) is 3.21. The van der Waals surface area contributed by atoms with Gasteiger partial charge in [0.05, 0.1) is 5.75 Å². The fourth-order valence-electron chi connectivity index (χ4n) is 2.35. The molecule has 4 nitrogen and oxygen atoms in total. The van der Waals surface area contributed by atoms with Gasteiger partial charge < -0.3 is 10.2 Å². The van der Waals surface area contributed by atoms with Crippen molar-refractivity contribution in [3.63, 3.8) is 0 Å². The predicted molar refractivity (Wildman–Crippen MR) is 85.4 cm³/mol. The number of hydrogen-bond donors (Lipinski definition) is 1. The zero-order valence-electron chi connectivity index (χ0n) is 11.7. The van der Waals surface area contributed by atoms with Crippen LogP contribution in [-0.2, 0) is 4.79 Å². The summed E-state index contributed by atoms with van der Waals surface area (Å²) in [6, 6.07) is 3.88. The highest BCUT2D eigenvalue weighted by molar-refractivity contribution is 8.00. The lowest BCUT2D eigenvalue weighted by atomic mass is 9.97. The van der Waals surface area contributed by atoms with Gasteiger partial charge in [-0.05, 0) is 44.5 Å². The lowest BCUT2D eigenvalue weighted by Crippen LogP contribution is -2.41. The van der Waals surface area contributed by atoms with E-state index in [4.69, 9.17) is 0 Å². The normalized spacial score (nSPS) is 15.8. The SMILES string of the molecule is CNCC1CCN(C(=O)CSc2ccncc2)CC1.Cl. The van der Waals surface area contributed by atoms with E-state index in [0.717, 1.165) is 43.3 Å². The molecular weight excluding hydrogens is 294 g/mol. The summed E-state index contributed by atoms with van der Waals surface area (Å²) in [5.74, 6) is 1.51. The first kappa shape index (κ1) is 17.3. The van der Waals surface area contributed by atoms with E-state index < -0.39 is 0 Å². The lowest BCUT2D eigenvalue weighted by molar-refractivity contribution is -0.129. The average molecular weight is 316 g/mol. The fourth-order valence-corrected chi connectivity index (χ4v) is 3.13. The molecule has 0 aromatic carbocycles. The number of pyridine rings is 1. The van der Waals surface area contributed by atoms with Crippen molar-refractivity contribution in [2.24, 2.45) is 5.92 Å². The van der Waals surface area contributed by atoms with Gasteiger partial charge in [-0.1, -0.05) is 0 Å². The molecule has 0 radical (unpaired) electrons. The van der Waals surface area contributed by atoms with Crippen molar-refractivity contribution in [3.8, 4) is 0 Å². The number of nitrogens with one attached hydrogen (secondary N) is 1. The number of nitrogens with zero attached hydrogens (tertiary/aromatic N) is 2. The van der Waals surface area contributed by atoms with Crippen LogP contribution < -0.4 is 5.32 Å². The first-order chi connectivity index (χ1) is 9.29. The van der Waals surface area contributed by atoms with Gasteiger partial charge in [-0.25, -0.2) is 0 Å². The van der Waals surface area contributed by atoms with E-state index in [9.17, 15) is 4.79 Å². The number of aromatic nitrogens is 1. The average Bonchev–Trinajstić information content (AvgIpc) is 2.47. The van der Waals surface area contributed by atoms with Crippen LogP contribution in [0, 0.1) is 5.92 Å². The summed E-state index contributed by atoms with van der Waals surface area (Å²) in [7, 11) is 1.99. The first-order valence-corrected chi connectivity index (χ1v) is 7.73. The van der Waals surface area contributed by atoms with Gasteiger partial charge in [-0.15, -0.1) is 24.2 Å². The molecule has 2 rings (SSSR count). The molecule has 1 aliphatic rings. The zero-order chi connectivity index (χ0) is 13.5. The highest BCUT2D eigenvalue weighted by Gasteiger charge is 2.22. The van der Waals surface area contributed by atoms with Crippen LogP contribution in [-0.4, -0.2) is 48.2 Å². The fraction of sp³-hybridized carbons (Fsp3) is 0.571. The molecule has 1 aromatic heterocycles. The van der Waals surface area contributed by atoms with Gasteiger partial charge in [-0.2, -0.15) is 0 Å². The minimum Gasteiger partial charge on any atom is -0.342 e. The number of rotatable bonds is 5. The van der Waals surface area contributed by atoms with E-state index in [0.29, 0.717) is 5.75 Å². The number of carbonyl (C=O) groups excluding carboxylic acids is 1. The Bertz CT molecular complexity index is 397. The van der Waals surface area contributed by atoms with Gasteiger partial charge in [0.1, 0.15) is 0 Å². The number of hydrogen-bond acceptors (Lipinski definition) is 4. The molecule has 0 atom stereocenters. The largest absolute Gasteiger partial charge is 0.342 e.